The van der Waals surface area contributed by atoms with E-state index in [1.807, 2.05) is 38.2 Å². The maximum absolute atomic E-state index is 13.7. The highest BCUT2D eigenvalue weighted by molar-refractivity contribution is 6.01. The van der Waals surface area contributed by atoms with Gasteiger partial charge in [0.2, 0.25) is 0 Å². The molecule has 2 aromatic carbocycles. The molecule has 1 saturated carbocycles. The number of ether oxygens (including phenoxy) is 2. The Morgan fingerprint density at radius 2 is 1.90 bits per heavy atom. The van der Waals surface area contributed by atoms with Gasteiger partial charge < -0.3 is 30.1 Å². The topological polar surface area (TPSA) is 103 Å². The van der Waals surface area contributed by atoms with Crippen molar-refractivity contribution in [2.45, 2.75) is 70.7 Å². The first kappa shape index (κ1) is 29.7. The van der Waals surface area contributed by atoms with E-state index in [4.69, 9.17) is 9.47 Å². The molecule has 40 heavy (non-hydrogen) atoms. The van der Waals surface area contributed by atoms with E-state index in [2.05, 4.69) is 22.5 Å². The number of nitrogens with one attached hydrogen (secondary N) is 2. The number of benzene rings is 2. The number of hydrogen-bond donors (Lipinski definition) is 3. The van der Waals surface area contributed by atoms with Gasteiger partial charge in [-0.1, -0.05) is 44.4 Å². The molecular formula is C31H44N4O5. The molecule has 3 N–H and O–H groups in total. The first-order chi connectivity index (χ1) is 19.3. The fourth-order valence-electron chi connectivity index (χ4n) is 5.56. The Bertz CT molecular complexity index is 1140. The number of anilines is 1. The molecule has 3 amide bonds. The smallest absolute Gasteiger partial charge is 0.319 e. The summed E-state index contributed by atoms with van der Waals surface area (Å²) in [7, 11) is 3.70. The zero-order valence-corrected chi connectivity index (χ0v) is 24.2. The number of fused-ring (bicyclic) bond motifs is 1. The van der Waals surface area contributed by atoms with E-state index in [0.717, 1.165) is 37.0 Å². The van der Waals surface area contributed by atoms with E-state index in [-0.39, 0.29) is 42.7 Å². The van der Waals surface area contributed by atoms with Crippen molar-refractivity contribution in [2.75, 3.05) is 39.2 Å². The highest BCUT2D eigenvalue weighted by atomic mass is 16.5. The number of rotatable bonds is 9. The Labute approximate surface area is 237 Å². The Kier molecular flexibility index (Phi) is 10.3. The molecule has 2 aliphatic rings. The molecule has 2 aromatic rings. The summed E-state index contributed by atoms with van der Waals surface area (Å²) >= 11 is 0. The molecular weight excluding hydrogens is 508 g/mol. The van der Waals surface area contributed by atoms with E-state index in [1.54, 1.807) is 30.2 Å². The molecule has 0 aromatic heterocycles. The molecule has 218 valence electrons. The maximum Gasteiger partial charge on any atom is 0.319 e. The van der Waals surface area contributed by atoms with Crippen molar-refractivity contribution in [3.05, 3.63) is 53.6 Å². The minimum Gasteiger partial charge on any atom is -0.497 e. The summed E-state index contributed by atoms with van der Waals surface area (Å²) in [6.07, 6.45) is 5.12. The molecule has 0 unspecified atom stereocenters. The molecule has 0 radical (unpaired) electrons. The van der Waals surface area contributed by atoms with Crippen LogP contribution in [0.1, 0.15) is 61.9 Å². The van der Waals surface area contributed by atoms with Crippen molar-refractivity contribution >= 4 is 17.6 Å². The minimum absolute atomic E-state index is 0.0338. The number of carbonyl (C=O) groups is 2. The van der Waals surface area contributed by atoms with Gasteiger partial charge >= 0.3 is 6.03 Å². The van der Waals surface area contributed by atoms with Gasteiger partial charge in [0.05, 0.1) is 31.0 Å². The second kappa shape index (κ2) is 13.9. The van der Waals surface area contributed by atoms with E-state index in [1.165, 1.54) is 6.42 Å². The molecule has 3 atom stereocenters. The number of nitrogens with zero attached hydrogens (tertiary/aromatic N) is 2. The van der Waals surface area contributed by atoms with Gasteiger partial charge in [0.25, 0.3) is 5.91 Å². The average Bonchev–Trinajstić information content (AvgIpc) is 2.95. The zero-order chi connectivity index (χ0) is 28.6. The lowest BCUT2D eigenvalue weighted by atomic mass is 9.96. The molecule has 9 heteroatoms. The molecule has 1 aliphatic carbocycles. The number of hydrogen-bond acceptors (Lipinski definition) is 6. The van der Waals surface area contributed by atoms with Gasteiger partial charge in [-0.2, -0.15) is 0 Å². The van der Waals surface area contributed by atoms with Crippen LogP contribution in [0.3, 0.4) is 0 Å². The number of amides is 3. The van der Waals surface area contributed by atoms with Crippen molar-refractivity contribution < 1.29 is 24.2 Å². The van der Waals surface area contributed by atoms with Crippen LogP contribution in [-0.4, -0.2) is 78.9 Å². The Morgan fingerprint density at radius 3 is 2.58 bits per heavy atom. The van der Waals surface area contributed by atoms with Crippen molar-refractivity contribution in [2.24, 2.45) is 5.92 Å². The maximum atomic E-state index is 13.7. The number of methoxy groups -OCH3 is 1. The molecule has 1 fully saturated rings. The summed E-state index contributed by atoms with van der Waals surface area (Å²) in [5.74, 6) is 0.935. The Balaban J connectivity index is 1.58. The van der Waals surface area contributed by atoms with Crippen molar-refractivity contribution in [1.29, 1.82) is 0 Å². The van der Waals surface area contributed by atoms with E-state index in [0.29, 0.717) is 36.6 Å². The zero-order valence-electron chi connectivity index (χ0n) is 24.2. The van der Waals surface area contributed by atoms with Crippen LogP contribution in [0.15, 0.2) is 42.5 Å². The lowest BCUT2D eigenvalue weighted by molar-refractivity contribution is 0.0343. The van der Waals surface area contributed by atoms with Crippen LogP contribution in [0.25, 0.3) is 0 Å². The van der Waals surface area contributed by atoms with Crippen molar-refractivity contribution in [1.82, 2.24) is 15.1 Å². The first-order valence-electron chi connectivity index (χ1n) is 14.4. The Hall–Kier alpha value is -3.30. The van der Waals surface area contributed by atoms with Gasteiger partial charge in [0.15, 0.2) is 5.75 Å². The van der Waals surface area contributed by atoms with Crippen LogP contribution < -0.4 is 20.1 Å². The highest BCUT2D eigenvalue weighted by Gasteiger charge is 2.34. The summed E-state index contributed by atoms with van der Waals surface area (Å²) in [6, 6.07) is 12.8. The van der Waals surface area contributed by atoms with Crippen LogP contribution in [0.2, 0.25) is 0 Å². The standard InChI is InChI=1S/C31H44N4O5/c1-21-17-35(22(2)20-36)30(37)26-11-8-12-27(33-31(38)32-24-9-6-5-7-10-24)29(26)40-28(21)19-34(3)18-23-13-15-25(39-4)16-14-23/h8,11-16,21-22,24,28,36H,5-7,9-10,17-20H2,1-4H3,(H2,32,33,38)/t21-,22-,28+/m0/s1. The summed E-state index contributed by atoms with van der Waals surface area (Å²) < 4.78 is 11.9. The largest absolute Gasteiger partial charge is 0.497 e. The number of carbonyl (C=O) groups excluding carboxylic acids is 2. The molecule has 1 aliphatic heterocycles. The highest BCUT2D eigenvalue weighted by Crippen LogP contribution is 2.35. The summed E-state index contributed by atoms with van der Waals surface area (Å²) in [5, 5.41) is 16.0. The quantitative estimate of drug-likeness (QED) is 0.423. The van der Waals surface area contributed by atoms with Gasteiger partial charge in [-0.25, -0.2) is 4.79 Å². The van der Waals surface area contributed by atoms with Crippen molar-refractivity contribution in [3.63, 3.8) is 0 Å². The normalized spacial score (nSPS) is 20.6. The van der Waals surface area contributed by atoms with Gasteiger partial charge in [-0.05, 0) is 56.6 Å². The predicted molar refractivity (Wildman–Crippen MR) is 156 cm³/mol. The summed E-state index contributed by atoms with van der Waals surface area (Å²) in [5.41, 5.74) is 1.99. The molecule has 0 spiro atoms. The van der Waals surface area contributed by atoms with E-state index < -0.39 is 0 Å². The molecule has 0 saturated heterocycles. The molecule has 0 bridgehead atoms. The minimum atomic E-state index is -0.357. The fraction of sp³-hybridized carbons (Fsp3) is 0.548. The molecule has 1 heterocycles. The second-order valence-corrected chi connectivity index (χ2v) is 11.3. The second-order valence-electron chi connectivity index (χ2n) is 11.3. The third-order valence-electron chi connectivity index (χ3n) is 7.98. The first-order valence-corrected chi connectivity index (χ1v) is 14.4. The number of urea groups is 1. The van der Waals surface area contributed by atoms with Gasteiger partial charge in [0, 0.05) is 31.6 Å². The van der Waals surface area contributed by atoms with Crippen LogP contribution in [0.4, 0.5) is 10.5 Å². The SMILES string of the molecule is COc1ccc(CN(C)C[C@H]2Oc3c(NC(=O)NC4CCCCC4)cccc3C(=O)N([C@@H](C)CO)C[C@@H]2C)cc1. The number of aliphatic hydroxyl groups is 1. The van der Waals surface area contributed by atoms with Crippen LogP contribution in [0, 0.1) is 5.92 Å². The molecule has 9 nitrogen and oxygen atoms in total. The lowest BCUT2D eigenvalue weighted by Crippen LogP contribution is -2.50. The number of aliphatic hydroxyl groups excluding tert-OH is 1. The van der Waals surface area contributed by atoms with Crippen molar-refractivity contribution in [3.8, 4) is 11.5 Å². The van der Waals surface area contributed by atoms with Crippen LogP contribution >= 0.6 is 0 Å². The van der Waals surface area contributed by atoms with Crippen LogP contribution in [-0.2, 0) is 6.54 Å². The predicted octanol–water partition coefficient (Wildman–Crippen LogP) is 4.50. The lowest BCUT2D eigenvalue weighted by Gasteiger charge is -2.38. The number of para-hydroxylation sites is 1. The van der Waals surface area contributed by atoms with Gasteiger partial charge in [-0.15, -0.1) is 0 Å². The molecule has 4 rings (SSSR count). The summed E-state index contributed by atoms with van der Waals surface area (Å²) in [4.78, 5) is 30.6. The van der Waals surface area contributed by atoms with E-state index >= 15 is 0 Å². The van der Waals surface area contributed by atoms with E-state index in [9.17, 15) is 14.7 Å². The number of likely N-dealkylation sites (N-methyl/N-ethyl adjacent to an activating group) is 1. The van der Waals surface area contributed by atoms with Gasteiger partial charge in [-0.3, -0.25) is 9.69 Å². The van der Waals surface area contributed by atoms with Gasteiger partial charge in [0.1, 0.15) is 11.9 Å². The average molecular weight is 553 g/mol. The third kappa shape index (κ3) is 7.46. The monoisotopic (exact) mass is 552 g/mol. The summed E-state index contributed by atoms with van der Waals surface area (Å²) in [6.45, 7) is 5.53. The van der Waals surface area contributed by atoms with Crippen LogP contribution in [0.5, 0.6) is 11.5 Å². The Morgan fingerprint density at radius 1 is 1.18 bits per heavy atom. The third-order valence-corrected chi connectivity index (χ3v) is 7.98. The fourth-order valence-corrected chi connectivity index (χ4v) is 5.56.